The first-order chi connectivity index (χ1) is 7.66. The van der Waals surface area contributed by atoms with Crippen molar-refractivity contribution in [3.63, 3.8) is 0 Å². The number of thiazole rings is 1. The van der Waals surface area contributed by atoms with Crippen molar-refractivity contribution in [2.24, 2.45) is 0 Å². The van der Waals surface area contributed by atoms with Crippen LogP contribution in [0.3, 0.4) is 0 Å². The first-order valence-electron chi connectivity index (χ1n) is 5.32. The molecule has 3 heteroatoms. The van der Waals surface area contributed by atoms with E-state index < -0.39 is 0 Å². The van der Waals surface area contributed by atoms with Crippen LogP contribution in [0.25, 0.3) is 0 Å². The summed E-state index contributed by atoms with van der Waals surface area (Å²) in [6.45, 7) is 5.20. The Labute approximate surface area is 101 Å². The van der Waals surface area contributed by atoms with Crippen LogP contribution in [-0.4, -0.2) is 12.0 Å². The Kier molecular flexibility index (Phi) is 3.25. The molecule has 0 amide bonds. The molecule has 0 aliphatic rings. The second kappa shape index (κ2) is 4.66. The molecule has 2 aromatic rings. The van der Waals surface area contributed by atoms with E-state index in [0.29, 0.717) is 0 Å². The highest BCUT2D eigenvalue weighted by molar-refractivity contribution is 7.07. The van der Waals surface area contributed by atoms with Crippen LogP contribution in [0.15, 0.2) is 29.1 Å². The molecule has 84 valence electrons. The molecule has 0 fully saturated rings. The van der Waals surface area contributed by atoms with Crippen molar-refractivity contribution in [2.45, 2.75) is 20.4 Å². The van der Waals surface area contributed by atoms with E-state index >= 15 is 0 Å². The van der Waals surface area contributed by atoms with Gasteiger partial charge in [-0.3, -0.25) is 0 Å². The van der Waals surface area contributed by atoms with E-state index in [9.17, 15) is 0 Å². The normalized spacial score (nSPS) is 10.4. The topological polar surface area (TPSA) is 16.1 Å². The second-order valence-electron chi connectivity index (χ2n) is 4.12. The SMILES string of the molecule is Cc1ccc(CN(C)c2cscn2)cc1C. The summed E-state index contributed by atoms with van der Waals surface area (Å²) in [6, 6.07) is 6.61. The van der Waals surface area contributed by atoms with Gasteiger partial charge in [0.15, 0.2) is 0 Å². The number of benzene rings is 1. The summed E-state index contributed by atoms with van der Waals surface area (Å²) >= 11 is 1.63. The lowest BCUT2D eigenvalue weighted by atomic mass is 10.1. The number of aromatic nitrogens is 1. The predicted octanol–water partition coefficient (Wildman–Crippen LogP) is 3.40. The van der Waals surface area contributed by atoms with Crippen molar-refractivity contribution in [3.05, 3.63) is 45.8 Å². The average molecular weight is 232 g/mol. The standard InChI is InChI=1S/C13H16N2S/c1-10-4-5-12(6-11(10)2)7-15(3)13-8-16-9-14-13/h4-6,8-9H,7H2,1-3H3. The molecule has 0 spiro atoms. The lowest BCUT2D eigenvalue weighted by molar-refractivity contribution is 0.902. The Balaban J connectivity index is 2.12. The lowest BCUT2D eigenvalue weighted by Crippen LogP contribution is -2.16. The fourth-order valence-corrected chi connectivity index (χ4v) is 2.24. The fourth-order valence-electron chi connectivity index (χ4n) is 1.65. The Bertz CT molecular complexity index is 463. The highest BCUT2D eigenvalue weighted by Crippen LogP contribution is 2.16. The van der Waals surface area contributed by atoms with Gasteiger partial charge in [-0.05, 0) is 30.5 Å². The third-order valence-corrected chi connectivity index (χ3v) is 3.38. The summed E-state index contributed by atoms with van der Waals surface area (Å²) in [5.74, 6) is 1.04. The highest BCUT2D eigenvalue weighted by Gasteiger charge is 2.04. The molecule has 0 atom stereocenters. The second-order valence-corrected chi connectivity index (χ2v) is 4.84. The Morgan fingerprint density at radius 1 is 1.25 bits per heavy atom. The Morgan fingerprint density at radius 2 is 2.06 bits per heavy atom. The molecule has 16 heavy (non-hydrogen) atoms. The number of hydrogen-bond acceptors (Lipinski definition) is 3. The summed E-state index contributed by atoms with van der Waals surface area (Å²) < 4.78 is 0. The maximum absolute atomic E-state index is 4.30. The van der Waals surface area contributed by atoms with Crippen molar-refractivity contribution in [1.82, 2.24) is 4.98 Å². The van der Waals surface area contributed by atoms with Crippen molar-refractivity contribution in [2.75, 3.05) is 11.9 Å². The van der Waals surface area contributed by atoms with Gasteiger partial charge in [-0.15, -0.1) is 11.3 Å². The molecule has 1 heterocycles. The van der Waals surface area contributed by atoms with Gasteiger partial charge >= 0.3 is 0 Å². The molecule has 2 rings (SSSR count). The Morgan fingerprint density at radius 3 is 2.69 bits per heavy atom. The summed E-state index contributed by atoms with van der Waals surface area (Å²) in [5, 5.41) is 2.07. The fraction of sp³-hybridized carbons (Fsp3) is 0.308. The van der Waals surface area contributed by atoms with Gasteiger partial charge in [0.25, 0.3) is 0 Å². The van der Waals surface area contributed by atoms with E-state index in [0.717, 1.165) is 12.4 Å². The van der Waals surface area contributed by atoms with Crippen LogP contribution >= 0.6 is 11.3 Å². The first-order valence-corrected chi connectivity index (χ1v) is 6.26. The molecule has 0 saturated carbocycles. The quantitative estimate of drug-likeness (QED) is 0.806. The first kappa shape index (κ1) is 11.1. The van der Waals surface area contributed by atoms with Gasteiger partial charge in [-0.25, -0.2) is 4.98 Å². The smallest absolute Gasteiger partial charge is 0.139 e. The van der Waals surface area contributed by atoms with E-state index in [1.807, 2.05) is 5.51 Å². The summed E-state index contributed by atoms with van der Waals surface area (Å²) in [7, 11) is 2.07. The van der Waals surface area contributed by atoms with Crippen LogP contribution < -0.4 is 4.90 Å². The minimum absolute atomic E-state index is 0.908. The molecular weight excluding hydrogens is 216 g/mol. The molecule has 0 aliphatic carbocycles. The van der Waals surface area contributed by atoms with Crippen LogP contribution in [0.2, 0.25) is 0 Å². The summed E-state index contributed by atoms with van der Waals surface area (Å²) in [6.07, 6.45) is 0. The van der Waals surface area contributed by atoms with Gasteiger partial charge in [-0.2, -0.15) is 0 Å². The number of hydrogen-bond donors (Lipinski definition) is 0. The minimum atomic E-state index is 0.908. The van der Waals surface area contributed by atoms with Crippen LogP contribution in [0.1, 0.15) is 16.7 Å². The lowest BCUT2D eigenvalue weighted by Gasteiger charge is -2.16. The van der Waals surface area contributed by atoms with Gasteiger partial charge in [0.05, 0.1) is 5.51 Å². The number of aryl methyl sites for hydroxylation is 2. The molecule has 0 bridgehead atoms. The van der Waals surface area contributed by atoms with E-state index in [1.165, 1.54) is 16.7 Å². The third kappa shape index (κ3) is 2.42. The molecule has 2 nitrogen and oxygen atoms in total. The molecule has 0 radical (unpaired) electrons. The maximum Gasteiger partial charge on any atom is 0.139 e. The van der Waals surface area contributed by atoms with Crippen LogP contribution in [0.4, 0.5) is 5.82 Å². The summed E-state index contributed by atoms with van der Waals surface area (Å²) in [5.41, 5.74) is 5.90. The predicted molar refractivity (Wildman–Crippen MR) is 70.1 cm³/mol. The largest absolute Gasteiger partial charge is 0.355 e. The van der Waals surface area contributed by atoms with Crippen molar-refractivity contribution in [3.8, 4) is 0 Å². The van der Waals surface area contributed by atoms with E-state index in [1.54, 1.807) is 11.3 Å². The minimum Gasteiger partial charge on any atom is -0.355 e. The van der Waals surface area contributed by atoms with E-state index in [-0.39, 0.29) is 0 Å². The van der Waals surface area contributed by atoms with Gasteiger partial charge in [0.1, 0.15) is 5.82 Å². The molecule has 0 aliphatic heterocycles. The summed E-state index contributed by atoms with van der Waals surface area (Å²) in [4.78, 5) is 6.46. The van der Waals surface area contributed by atoms with Crippen LogP contribution in [-0.2, 0) is 6.54 Å². The van der Waals surface area contributed by atoms with Crippen LogP contribution in [0.5, 0.6) is 0 Å². The Hall–Kier alpha value is -1.35. The van der Waals surface area contributed by atoms with Gasteiger partial charge < -0.3 is 4.90 Å². The number of rotatable bonds is 3. The molecule has 0 saturated heterocycles. The van der Waals surface area contributed by atoms with Crippen molar-refractivity contribution >= 4 is 17.2 Å². The average Bonchev–Trinajstić information content (AvgIpc) is 2.77. The molecule has 1 aromatic carbocycles. The maximum atomic E-state index is 4.30. The van der Waals surface area contributed by atoms with Gasteiger partial charge in [-0.1, -0.05) is 18.2 Å². The molecular formula is C13H16N2S. The number of anilines is 1. The monoisotopic (exact) mass is 232 g/mol. The molecule has 0 unspecified atom stereocenters. The molecule has 1 aromatic heterocycles. The van der Waals surface area contributed by atoms with E-state index in [2.05, 4.69) is 54.4 Å². The van der Waals surface area contributed by atoms with Crippen molar-refractivity contribution in [1.29, 1.82) is 0 Å². The zero-order chi connectivity index (χ0) is 11.5. The van der Waals surface area contributed by atoms with Gasteiger partial charge in [0.2, 0.25) is 0 Å². The van der Waals surface area contributed by atoms with Gasteiger partial charge in [0, 0.05) is 19.0 Å². The zero-order valence-corrected chi connectivity index (χ0v) is 10.7. The van der Waals surface area contributed by atoms with Crippen LogP contribution in [0, 0.1) is 13.8 Å². The van der Waals surface area contributed by atoms with E-state index in [4.69, 9.17) is 0 Å². The number of nitrogens with zero attached hydrogens (tertiary/aromatic N) is 2. The molecule has 0 N–H and O–H groups in total. The van der Waals surface area contributed by atoms with Crippen molar-refractivity contribution < 1.29 is 0 Å². The highest BCUT2D eigenvalue weighted by atomic mass is 32.1. The zero-order valence-electron chi connectivity index (χ0n) is 9.90. The third-order valence-electron chi connectivity index (χ3n) is 2.80.